The van der Waals surface area contributed by atoms with Crippen molar-refractivity contribution in [2.24, 2.45) is 0 Å². The minimum absolute atomic E-state index is 0.0848. The van der Waals surface area contributed by atoms with Gasteiger partial charge in [-0.1, -0.05) is 210 Å². The van der Waals surface area contributed by atoms with Crippen LogP contribution in [0.25, 0.3) is 0 Å². The molecule has 0 saturated carbocycles. The van der Waals surface area contributed by atoms with E-state index < -0.39 is 6.10 Å². The van der Waals surface area contributed by atoms with E-state index >= 15 is 0 Å². The zero-order chi connectivity index (χ0) is 47.2. The summed E-state index contributed by atoms with van der Waals surface area (Å²) in [4.78, 5) is 38.1. The Kier molecular flexibility index (Phi) is 51.3. The first-order valence-corrected chi connectivity index (χ1v) is 27.8. The Morgan fingerprint density at radius 1 is 0.308 bits per heavy atom. The highest BCUT2D eigenvalue weighted by atomic mass is 16.6. The first kappa shape index (κ1) is 62.1. The van der Waals surface area contributed by atoms with Crippen molar-refractivity contribution in [2.45, 2.75) is 284 Å². The van der Waals surface area contributed by atoms with E-state index in [2.05, 4.69) is 81.5 Å². The molecule has 0 aromatic carbocycles. The molecule has 0 aromatic rings. The molecule has 0 saturated heterocycles. The van der Waals surface area contributed by atoms with Gasteiger partial charge < -0.3 is 14.2 Å². The number of carbonyl (C=O) groups excluding carboxylic acids is 3. The average Bonchev–Trinajstić information content (AvgIpc) is 3.30. The smallest absolute Gasteiger partial charge is 0.306 e. The van der Waals surface area contributed by atoms with Gasteiger partial charge in [0.2, 0.25) is 0 Å². The highest BCUT2D eigenvalue weighted by Crippen LogP contribution is 2.15. The summed E-state index contributed by atoms with van der Waals surface area (Å²) in [6.07, 6.45) is 66.2. The molecule has 0 fully saturated rings. The fourth-order valence-electron chi connectivity index (χ4n) is 7.73. The van der Waals surface area contributed by atoms with Gasteiger partial charge in [0.25, 0.3) is 0 Å². The van der Waals surface area contributed by atoms with Crippen molar-refractivity contribution >= 4 is 17.9 Å². The summed E-state index contributed by atoms with van der Waals surface area (Å²) in [6, 6.07) is 0. The van der Waals surface area contributed by atoms with Crippen molar-refractivity contribution in [2.75, 3.05) is 13.2 Å². The van der Waals surface area contributed by atoms with E-state index in [1.165, 1.54) is 154 Å². The highest BCUT2D eigenvalue weighted by molar-refractivity contribution is 5.71. The Morgan fingerprint density at radius 2 is 0.554 bits per heavy atom. The standard InChI is InChI=1S/C59H104O6/c1-4-7-10-13-16-19-22-25-28-29-32-34-37-40-43-46-49-52-58(61)64-55-56(65-59(62)53-50-47-44-41-38-35-31-27-24-21-18-15-12-9-6-3)54-63-57(60)51-48-45-42-39-36-33-30-26-23-20-17-14-11-8-5-2/h16,19-21,23-25,28,32,34,56H,4-15,17-18,22,26-27,29-31,33,35-55H2,1-3H3/b19-16-,23-20-,24-21-,28-25-,34-32-/t56-/m0/s1. The van der Waals surface area contributed by atoms with Crippen LogP contribution in [0.2, 0.25) is 0 Å². The maximum absolute atomic E-state index is 12.8. The summed E-state index contributed by atoms with van der Waals surface area (Å²) in [7, 11) is 0. The first-order valence-electron chi connectivity index (χ1n) is 27.8. The molecule has 0 amide bonds. The fraction of sp³-hybridized carbons (Fsp3) is 0.780. The summed E-state index contributed by atoms with van der Waals surface area (Å²) in [5, 5.41) is 0. The molecular formula is C59H104O6. The molecule has 0 radical (unpaired) electrons. The van der Waals surface area contributed by atoms with Gasteiger partial charge in [-0.05, 0) is 109 Å². The molecule has 0 heterocycles. The van der Waals surface area contributed by atoms with Gasteiger partial charge in [-0.3, -0.25) is 14.4 Å². The lowest BCUT2D eigenvalue weighted by atomic mass is 10.1. The second-order valence-electron chi connectivity index (χ2n) is 18.5. The number of ether oxygens (including phenoxy) is 3. The third-order valence-electron chi connectivity index (χ3n) is 12.0. The number of carbonyl (C=O) groups is 3. The molecule has 0 spiro atoms. The van der Waals surface area contributed by atoms with Crippen LogP contribution in [0.5, 0.6) is 0 Å². The van der Waals surface area contributed by atoms with Crippen molar-refractivity contribution in [3.63, 3.8) is 0 Å². The van der Waals surface area contributed by atoms with Crippen molar-refractivity contribution in [1.82, 2.24) is 0 Å². The molecule has 1 atom stereocenters. The molecule has 0 unspecified atom stereocenters. The third kappa shape index (κ3) is 51.9. The van der Waals surface area contributed by atoms with Crippen LogP contribution in [0.3, 0.4) is 0 Å². The lowest BCUT2D eigenvalue weighted by Crippen LogP contribution is -2.30. The molecule has 0 aliphatic carbocycles. The highest BCUT2D eigenvalue weighted by Gasteiger charge is 2.19. The van der Waals surface area contributed by atoms with Crippen LogP contribution in [0.4, 0.5) is 0 Å². The van der Waals surface area contributed by atoms with Gasteiger partial charge in [0.1, 0.15) is 13.2 Å². The van der Waals surface area contributed by atoms with E-state index in [9.17, 15) is 14.4 Å². The Balaban J connectivity index is 4.42. The quantitative estimate of drug-likeness (QED) is 0.0262. The molecule has 0 N–H and O–H groups in total. The fourth-order valence-corrected chi connectivity index (χ4v) is 7.73. The molecule has 376 valence electrons. The van der Waals surface area contributed by atoms with Crippen LogP contribution in [0.1, 0.15) is 278 Å². The molecule has 0 aliphatic heterocycles. The average molecular weight is 909 g/mol. The molecule has 0 aromatic heterocycles. The third-order valence-corrected chi connectivity index (χ3v) is 12.0. The topological polar surface area (TPSA) is 78.9 Å². The Hall–Kier alpha value is -2.89. The summed E-state index contributed by atoms with van der Waals surface area (Å²) in [5.41, 5.74) is 0. The van der Waals surface area contributed by atoms with E-state index in [-0.39, 0.29) is 31.1 Å². The lowest BCUT2D eigenvalue weighted by molar-refractivity contribution is -0.167. The van der Waals surface area contributed by atoms with Gasteiger partial charge in [0, 0.05) is 19.3 Å². The predicted molar refractivity (Wildman–Crippen MR) is 279 cm³/mol. The van der Waals surface area contributed by atoms with Gasteiger partial charge >= 0.3 is 17.9 Å². The maximum Gasteiger partial charge on any atom is 0.306 e. The van der Waals surface area contributed by atoms with Crippen LogP contribution < -0.4 is 0 Å². The molecule has 65 heavy (non-hydrogen) atoms. The van der Waals surface area contributed by atoms with Gasteiger partial charge in [-0.15, -0.1) is 0 Å². The van der Waals surface area contributed by atoms with E-state index in [1.807, 2.05) is 0 Å². The Morgan fingerprint density at radius 3 is 0.908 bits per heavy atom. The maximum atomic E-state index is 12.8. The zero-order valence-corrected chi connectivity index (χ0v) is 43.0. The summed E-state index contributed by atoms with van der Waals surface area (Å²) >= 11 is 0. The second-order valence-corrected chi connectivity index (χ2v) is 18.5. The Bertz CT molecular complexity index is 1180. The van der Waals surface area contributed by atoms with Crippen LogP contribution in [0, 0.1) is 0 Å². The van der Waals surface area contributed by atoms with Crippen molar-refractivity contribution in [3.05, 3.63) is 60.8 Å². The SMILES string of the molecule is CCCCC/C=C\C/C=C\C/C=C\CCCCCCC(=O)OC[C@H](COC(=O)CCCCCCCCC/C=C\CCCCCC)OC(=O)CCCCCCCCC/C=C\CCCCCC. The van der Waals surface area contributed by atoms with Crippen LogP contribution in [0.15, 0.2) is 60.8 Å². The molecule has 6 nitrogen and oxygen atoms in total. The molecule has 0 bridgehead atoms. The number of hydrogen-bond donors (Lipinski definition) is 0. The number of allylic oxidation sites excluding steroid dienone is 10. The summed E-state index contributed by atoms with van der Waals surface area (Å²) in [6.45, 7) is 6.58. The van der Waals surface area contributed by atoms with E-state index in [0.717, 1.165) is 83.5 Å². The number of unbranched alkanes of at least 4 members (excludes halogenated alkanes) is 29. The van der Waals surface area contributed by atoms with Crippen molar-refractivity contribution < 1.29 is 28.6 Å². The van der Waals surface area contributed by atoms with E-state index in [4.69, 9.17) is 14.2 Å². The van der Waals surface area contributed by atoms with Crippen LogP contribution >= 0.6 is 0 Å². The van der Waals surface area contributed by atoms with E-state index in [1.54, 1.807) is 0 Å². The van der Waals surface area contributed by atoms with Crippen molar-refractivity contribution in [1.29, 1.82) is 0 Å². The zero-order valence-electron chi connectivity index (χ0n) is 43.0. The predicted octanol–water partition coefficient (Wildman–Crippen LogP) is 18.4. The van der Waals surface area contributed by atoms with Gasteiger partial charge in [0.15, 0.2) is 6.10 Å². The largest absolute Gasteiger partial charge is 0.462 e. The Labute approximate surface area is 402 Å². The molecule has 6 heteroatoms. The number of rotatable bonds is 50. The van der Waals surface area contributed by atoms with Gasteiger partial charge in [0.05, 0.1) is 0 Å². The monoisotopic (exact) mass is 909 g/mol. The second kappa shape index (κ2) is 53.7. The van der Waals surface area contributed by atoms with E-state index in [0.29, 0.717) is 19.3 Å². The normalized spacial score (nSPS) is 12.5. The first-order chi connectivity index (χ1) is 32.0. The van der Waals surface area contributed by atoms with Crippen molar-refractivity contribution in [3.8, 4) is 0 Å². The minimum Gasteiger partial charge on any atom is -0.462 e. The minimum atomic E-state index is -0.787. The number of esters is 3. The molecular weight excluding hydrogens is 805 g/mol. The summed E-state index contributed by atoms with van der Waals surface area (Å²) in [5.74, 6) is -0.908. The summed E-state index contributed by atoms with van der Waals surface area (Å²) < 4.78 is 16.8. The number of hydrogen-bond acceptors (Lipinski definition) is 6. The van der Waals surface area contributed by atoms with Crippen LogP contribution in [-0.2, 0) is 28.6 Å². The van der Waals surface area contributed by atoms with Gasteiger partial charge in [-0.2, -0.15) is 0 Å². The lowest BCUT2D eigenvalue weighted by Gasteiger charge is -2.18. The molecule has 0 rings (SSSR count). The van der Waals surface area contributed by atoms with Crippen LogP contribution in [-0.4, -0.2) is 37.2 Å². The van der Waals surface area contributed by atoms with Gasteiger partial charge in [-0.25, -0.2) is 0 Å². The molecule has 0 aliphatic rings.